The number of hydrogen-bond donors (Lipinski definition) is 1. The van der Waals surface area contributed by atoms with Gasteiger partial charge in [0.2, 0.25) is 0 Å². The van der Waals surface area contributed by atoms with Crippen molar-refractivity contribution in [1.29, 1.82) is 0 Å². The van der Waals surface area contributed by atoms with E-state index < -0.39 is 0 Å². The summed E-state index contributed by atoms with van der Waals surface area (Å²) in [6, 6.07) is 17.1. The molecule has 0 amide bonds. The first-order chi connectivity index (χ1) is 8.83. The van der Waals surface area contributed by atoms with Crippen LogP contribution >= 0.6 is 12.4 Å². The smallest absolute Gasteiger partial charge is 0.170 e. The molecule has 0 spiro atoms. The van der Waals surface area contributed by atoms with Crippen LogP contribution in [0.1, 0.15) is 16.2 Å². The Balaban J connectivity index is 0.00000133. The SMILES string of the molecule is Cl.O=C(Cc1nc2ccccc2[nH]1)c1ccccc1. The van der Waals surface area contributed by atoms with Crippen LogP contribution in [0.5, 0.6) is 0 Å². The Morgan fingerprint density at radius 2 is 1.68 bits per heavy atom. The monoisotopic (exact) mass is 272 g/mol. The molecule has 0 aliphatic heterocycles. The van der Waals surface area contributed by atoms with Gasteiger partial charge in [-0.3, -0.25) is 4.79 Å². The van der Waals surface area contributed by atoms with Gasteiger partial charge >= 0.3 is 0 Å². The second kappa shape index (κ2) is 5.67. The van der Waals surface area contributed by atoms with Crippen LogP contribution < -0.4 is 0 Å². The summed E-state index contributed by atoms with van der Waals surface area (Å²) in [6.07, 6.45) is 0.304. The molecule has 19 heavy (non-hydrogen) atoms. The summed E-state index contributed by atoms with van der Waals surface area (Å²) in [7, 11) is 0. The molecule has 0 bridgehead atoms. The number of H-pyrrole nitrogens is 1. The van der Waals surface area contributed by atoms with Gasteiger partial charge in [0.1, 0.15) is 5.82 Å². The molecule has 0 aliphatic rings. The summed E-state index contributed by atoms with van der Waals surface area (Å²) in [5, 5.41) is 0. The van der Waals surface area contributed by atoms with Crippen molar-refractivity contribution in [2.45, 2.75) is 6.42 Å². The number of aromatic amines is 1. The highest BCUT2D eigenvalue weighted by atomic mass is 35.5. The van der Waals surface area contributed by atoms with E-state index in [1.54, 1.807) is 0 Å². The number of rotatable bonds is 3. The van der Waals surface area contributed by atoms with E-state index in [1.807, 2.05) is 54.6 Å². The number of benzene rings is 2. The summed E-state index contributed by atoms with van der Waals surface area (Å²) in [5.41, 5.74) is 2.58. The second-order valence-electron chi connectivity index (χ2n) is 4.17. The Labute approximate surface area is 117 Å². The summed E-state index contributed by atoms with van der Waals surface area (Å²) < 4.78 is 0. The average Bonchev–Trinajstić information content (AvgIpc) is 2.82. The van der Waals surface area contributed by atoms with E-state index in [-0.39, 0.29) is 18.2 Å². The molecule has 0 aliphatic carbocycles. The van der Waals surface area contributed by atoms with Gasteiger partial charge in [-0.15, -0.1) is 12.4 Å². The minimum Gasteiger partial charge on any atom is -0.342 e. The lowest BCUT2D eigenvalue weighted by molar-refractivity contribution is 0.0991. The molecule has 0 saturated carbocycles. The van der Waals surface area contributed by atoms with E-state index in [2.05, 4.69) is 9.97 Å². The first-order valence-electron chi connectivity index (χ1n) is 5.85. The fourth-order valence-electron chi connectivity index (χ4n) is 1.97. The third kappa shape index (κ3) is 2.83. The van der Waals surface area contributed by atoms with Crippen molar-refractivity contribution in [3.63, 3.8) is 0 Å². The molecular formula is C15H13ClN2O. The number of nitrogens with zero attached hydrogens (tertiary/aromatic N) is 1. The summed E-state index contributed by atoms with van der Waals surface area (Å²) in [5.74, 6) is 0.791. The van der Waals surface area contributed by atoms with E-state index in [9.17, 15) is 4.79 Å². The van der Waals surface area contributed by atoms with Crippen LogP contribution in [-0.4, -0.2) is 15.8 Å². The zero-order chi connectivity index (χ0) is 12.4. The number of hydrogen-bond acceptors (Lipinski definition) is 2. The molecule has 1 aromatic heterocycles. The average molecular weight is 273 g/mol. The molecule has 0 unspecified atom stereocenters. The summed E-state index contributed by atoms with van der Waals surface area (Å²) in [6.45, 7) is 0. The zero-order valence-electron chi connectivity index (χ0n) is 10.2. The predicted molar refractivity (Wildman–Crippen MR) is 77.8 cm³/mol. The van der Waals surface area contributed by atoms with Crippen molar-refractivity contribution in [2.75, 3.05) is 0 Å². The van der Waals surface area contributed by atoms with E-state index in [0.717, 1.165) is 16.6 Å². The number of aromatic nitrogens is 2. The first kappa shape index (κ1) is 13.3. The Morgan fingerprint density at radius 3 is 2.42 bits per heavy atom. The molecule has 0 atom stereocenters. The molecule has 96 valence electrons. The number of Topliss-reactive ketones (excluding diaryl/α,β-unsaturated/α-hetero) is 1. The molecule has 0 saturated heterocycles. The van der Waals surface area contributed by atoms with Gasteiger partial charge < -0.3 is 4.98 Å². The zero-order valence-corrected chi connectivity index (χ0v) is 11.0. The molecule has 1 heterocycles. The van der Waals surface area contributed by atoms with E-state index >= 15 is 0 Å². The van der Waals surface area contributed by atoms with Crippen molar-refractivity contribution in [2.24, 2.45) is 0 Å². The lowest BCUT2D eigenvalue weighted by Gasteiger charge is -1.97. The van der Waals surface area contributed by atoms with Crippen molar-refractivity contribution >= 4 is 29.2 Å². The van der Waals surface area contributed by atoms with Gasteiger partial charge in [0.25, 0.3) is 0 Å². The number of carbonyl (C=O) groups is 1. The molecule has 2 aromatic carbocycles. The first-order valence-corrected chi connectivity index (χ1v) is 5.85. The predicted octanol–water partition coefficient (Wildman–Crippen LogP) is 3.41. The van der Waals surface area contributed by atoms with Crippen LogP contribution in [0.15, 0.2) is 54.6 Å². The van der Waals surface area contributed by atoms with Crippen LogP contribution in [0.4, 0.5) is 0 Å². The highest BCUT2D eigenvalue weighted by Gasteiger charge is 2.09. The molecule has 1 N–H and O–H groups in total. The normalized spacial score (nSPS) is 10.1. The van der Waals surface area contributed by atoms with Crippen molar-refractivity contribution in [3.05, 3.63) is 66.0 Å². The fraction of sp³-hybridized carbons (Fsp3) is 0.0667. The number of nitrogens with one attached hydrogen (secondary N) is 1. The third-order valence-corrected chi connectivity index (χ3v) is 2.86. The van der Waals surface area contributed by atoms with Gasteiger partial charge in [0.05, 0.1) is 17.5 Å². The van der Waals surface area contributed by atoms with E-state index in [4.69, 9.17) is 0 Å². The maximum absolute atomic E-state index is 12.0. The van der Waals surface area contributed by atoms with Crippen molar-refractivity contribution in [1.82, 2.24) is 9.97 Å². The van der Waals surface area contributed by atoms with Crippen LogP contribution in [0.2, 0.25) is 0 Å². The number of imidazole rings is 1. The number of para-hydroxylation sites is 2. The van der Waals surface area contributed by atoms with Crippen molar-refractivity contribution < 1.29 is 4.79 Å². The van der Waals surface area contributed by atoms with Crippen LogP contribution in [0, 0.1) is 0 Å². The molecule has 0 radical (unpaired) electrons. The highest BCUT2D eigenvalue weighted by Crippen LogP contribution is 2.12. The Kier molecular flexibility index (Phi) is 3.97. The minimum atomic E-state index is 0. The molecule has 3 rings (SSSR count). The topological polar surface area (TPSA) is 45.8 Å². The van der Waals surface area contributed by atoms with Gasteiger partial charge in [-0.25, -0.2) is 4.98 Å². The largest absolute Gasteiger partial charge is 0.342 e. The molecular weight excluding hydrogens is 260 g/mol. The Hall–Kier alpha value is -2.13. The van der Waals surface area contributed by atoms with E-state index in [0.29, 0.717) is 12.2 Å². The van der Waals surface area contributed by atoms with Gasteiger partial charge in [-0.1, -0.05) is 42.5 Å². The van der Waals surface area contributed by atoms with Crippen LogP contribution in [0.3, 0.4) is 0 Å². The fourth-order valence-corrected chi connectivity index (χ4v) is 1.97. The van der Waals surface area contributed by atoms with Gasteiger partial charge in [-0.2, -0.15) is 0 Å². The summed E-state index contributed by atoms with van der Waals surface area (Å²) >= 11 is 0. The minimum absolute atomic E-state index is 0. The maximum Gasteiger partial charge on any atom is 0.170 e. The second-order valence-corrected chi connectivity index (χ2v) is 4.17. The lowest BCUT2D eigenvalue weighted by atomic mass is 10.1. The van der Waals surface area contributed by atoms with Gasteiger partial charge in [0, 0.05) is 5.56 Å². The van der Waals surface area contributed by atoms with Crippen LogP contribution in [0.25, 0.3) is 11.0 Å². The Morgan fingerprint density at radius 1 is 1.00 bits per heavy atom. The van der Waals surface area contributed by atoms with Gasteiger partial charge in [0.15, 0.2) is 5.78 Å². The molecule has 0 fully saturated rings. The maximum atomic E-state index is 12.0. The van der Waals surface area contributed by atoms with E-state index in [1.165, 1.54) is 0 Å². The standard InChI is InChI=1S/C15H12N2O.ClH/c18-14(11-6-2-1-3-7-11)10-15-16-12-8-4-5-9-13(12)17-15;/h1-9H,10H2,(H,16,17);1H. The van der Waals surface area contributed by atoms with Gasteiger partial charge in [-0.05, 0) is 12.1 Å². The number of ketones is 1. The third-order valence-electron chi connectivity index (χ3n) is 2.86. The quantitative estimate of drug-likeness (QED) is 0.743. The molecule has 3 aromatic rings. The van der Waals surface area contributed by atoms with Crippen LogP contribution in [-0.2, 0) is 6.42 Å². The summed E-state index contributed by atoms with van der Waals surface area (Å²) in [4.78, 5) is 19.6. The number of halogens is 1. The highest BCUT2D eigenvalue weighted by molar-refractivity contribution is 5.97. The number of fused-ring (bicyclic) bond motifs is 1. The Bertz CT molecular complexity index is 658. The molecule has 3 nitrogen and oxygen atoms in total. The lowest BCUT2D eigenvalue weighted by Crippen LogP contribution is -2.04. The van der Waals surface area contributed by atoms with Crippen molar-refractivity contribution in [3.8, 4) is 0 Å². The molecule has 4 heteroatoms. The number of carbonyl (C=O) groups excluding carboxylic acids is 1.